The molecule has 20 heavy (non-hydrogen) atoms. The van der Waals surface area contributed by atoms with Gasteiger partial charge < -0.3 is 20.1 Å². The molecule has 6 nitrogen and oxygen atoms in total. The minimum absolute atomic E-state index is 0.213. The molecule has 1 heterocycles. The highest BCUT2D eigenvalue weighted by atomic mass is 32.1. The van der Waals surface area contributed by atoms with Crippen LogP contribution in [-0.4, -0.2) is 40.0 Å². The van der Waals surface area contributed by atoms with E-state index in [1.54, 1.807) is 18.4 Å². The number of carboxylic acid groups (broad SMARTS) is 1. The van der Waals surface area contributed by atoms with Crippen LogP contribution in [0.5, 0.6) is 0 Å². The summed E-state index contributed by atoms with van der Waals surface area (Å²) >= 11 is 1.23. The number of hydrogen-bond acceptors (Lipinski definition) is 6. The molecule has 0 saturated carbocycles. The van der Waals surface area contributed by atoms with E-state index in [9.17, 15) is 19.8 Å². The average molecular weight is 300 g/mol. The topological polar surface area (TPSA) is 104 Å². The fourth-order valence-electron chi connectivity index (χ4n) is 1.49. The Hall–Kier alpha value is -1.70. The van der Waals surface area contributed by atoms with Gasteiger partial charge in [-0.25, -0.2) is 4.79 Å². The summed E-state index contributed by atoms with van der Waals surface area (Å²) in [5, 5.41) is 29.7. The van der Waals surface area contributed by atoms with Crippen molar-refractivity contribution in [2.24, 2.45) is 0 Å². The predicted octanol–water partition coefficient (Wildman–Crippen LogP) is 1.19. The van der Waals surface area contributed by atoms with Crippen LogP contribution in [0.3, 0.4) is 0 Å². The molecule has 1 aromatic rings. The molecule has 0 aliphatic rings. The number of aliphatic carboxylic acids is 1. The number of ether oxygens (including phenoxy) is 1. The van der Waals surface area contributed by atoms with Gasteiger partial charge in [0.1, 0.15) is 6.10 Å². The van der Waals surface area contributed by atoms with Crippen LogP contribution in [0.1, 0.15) is 29.9 Å². The number of carboxylic acids is 1. The molecule has 0 aliphatic heterocycles. The van der Waals surface area contributed by atoms with Gasteiger partial charge in [-0.05, 0) is 30.0 Å². The summed E-state index contributed by atoms with van der Waals surface area (Å²) in [4.78, 5) is 22.2. The minimum Gasteiger partial charge on any atom is -0.478 e. The van der Waals surface area contributed by atoms with Crippen molar-refractivity contribution >= 4 is 29.4 Å². The van der Waals surface area contributed by atoms with Gasteiger partial charge in [0, 0.05) is 11.0 Å². The first kappa shape index (κ1) is 16.4. The summed E-state index contributed by atoms with van der Waals surface area (Å²) < 4.78 is 4.68. The van der Waals surface area contributed by atoms with Gasteiger partial charge in [-0.3, -0.25) is 4.79 Å². The third kappa shape index (κ3) is 5.12. The molecule has 0 bridgehead atoms. The highest BCUT2D eigenvalue weighted by Crippen LogP contribution is 2.25. The van der Waals surface area contributed by atoms with E-state index in [1.165, 1.54) is 17.4 Å². The van der Waals surface area contributed by atoms with Crippen molar-refractivity contribution in [2.45, 2.75) is 25.6 Å². The van der Waals surface area contributed by atoms with Crippen LogP contribution in [-0.2, 0) is 14.3 Å². The molecule has 0 saturated heterocycles. The van der Waals surface area contributed by atoms with Gasteiger partial charge in [-0.1, -0.05) is 0 Å². The van der Waals surface area contributed by atoms with Crippen molar-refractivity contribution in [3.8, 4) is 0 Å². The monoisotopic (exact) mass is 300 g/mol. The molecular formula is C13H16O6S. The van der Waals surface area contributed by atoms with E-state index in [-0.39, 0.29) is 13.0 Å². The first-order valence-corrected chi connectivity index (χ1v) is 6.83. The molecular weight excluding hydrogens is 284 g/mol. The Morgan fingerprint density at radius 2 is 2.15 bits per heavy atom. The number of hydrogen-bond donors (Lipinski definition) is 3. The van der Waals surface area contributed by atoms with Crippen LogP contribution in [0.15, 0.2) is 17.5 Å². The maximum Gasteiger partial charge on any atom is 0.328 e. The Morgan fingerprint density at radius 1 is 1.45 bits per heavy atom. The lowest BCUT2D eigenvalue weighted by Crippen LogP contribution is -2.22. The Kier molecular flexibility index (Phi) is 6.37. The molecule has 1 rings (SSSR count). The zero-order chi connectivity index (χ0) is 15.1. The second-order valence-corrected chi connectivity index (χ2v) is 4.92. The first-order chi connectivity index (χ1) is 9.43. The van der Waals surface area contributed by atoms with Crippen molar-refractivity contribution in [3.63, 3.8) is 0 Å². The molecule has 7 heteroatoms. The number of thiophene rings is 1. The number of carbonyl (C=O) groups excluding carboxylic acids is 1. The summed E-state index contributed by atoms with van der Waals surface area (Å²) in [5.41, 5.74) is 0.428. The summed E-state index contributed by atoms with van der Waals surface area (Å²) in [6.07, 6.45) is -0.411. The van der Waals surface area contributed by atoms with E-state index in [0.29, 0.717) is 10.4 Å². The smallest absolute Gasteiger partial charge is 0.328 e. The van der Waals surface area contributed by atoms with Crippen LogP contribution < -0.4 is 0 Å². The van der Waals surface area contributed by atoms with Gasteiger partial charge in [0.05, 0.1) is 19.1 Å². The normalized spacial score (nSPS) is 14.2. The van der Waals surface area contributed by atoms with Crippen LogP contribution in [0.25, 0.3) is 6.08 Å². The van der Waals surface area contributed by atoms with Crippen molar-refractivity contribution in [1.29, 1.82) is 0 Å². The van der Waals surface area contributed by atoms with Gasteiger partial charge in [-0.2, -0.15) is 0 Å². The maximum atomic E-state index is 11.2. The molecule has 0 amide bonds. The Labute approximate surface area is 119 Å². The molecule has 2 unspecified atom stereocenters. The summed E-state index contributed by atoms with van der Waals surface area (Å²) in [5.74, 6) is -1.65. The quantitative estimate of drug-likeness (QED) is 0.516. The SMILES string of the molecule is CCOC(=O)CC(O)C(O)c1csc(/C=C/C(=O)O)c1. The van der Waals surface area contributed by atoms with E-state index in [0.717, 1.165) is 6.08 Å². The summed E-state index contributed by atoms with van der Waals surface area (Å²) in [7, 11) is 0. The summed E-state index contributed by atoms with van der Waals surface area (Å²) in [6.45, 7) is 1.87. The standard InChI is InChI=1S/C13H16O6S/c1-2-19-12(17)6-10(14)13(18)8-5-9(20-7-8)3-4-11(15)16/h3-5,7,10,13-14,18H,2,6H2,1H3,(H,15,16)/b4-3+. The van der Waals surface area contributed by atoms with Crippen LogP contribution in [0.2, 0.25) is 0 Å². The average Bonchev–Trinajstić information content (AvgIpc) is 2.84. The lowest BCUT2D eigenvalue weighted by Gasteiger charge is -2.15. The molecule has 0 fully saturated rings. The maximum absolute atomic E-state index is 11.2. The predicted molar refractivity (Wildman–Crippen MR) is 73.2 cm³/mol. The van der Waals surface area contributed by atoms with Crippen LogP contribution in [0.4, 0.5) is 0 Å². The molecule has 0 aliphatic carbocycles. The molecule has 1 aromatic heterocycles. The van der Waals surface area contributed by atoms with Crippen molar-refractivity contribution in [2.75, 3.05) is 6.61 Å². The molecule has 2 atom stereocenters. The Balaban J connectivity index is 2.65. The zero-order valence-corrected chi connectivity index (χ0v) is 11.7. The Morgan fingerprint density at radius 3 is 2.75 bits per heavy atom. The zero-order valence-electron chi connectivity index (χ0n) is 10.9. The second kappa shape index (κ2) is 7.78. The van der Waals surface area contributed by atoms with Gasteiger partial charge in [-0.15, -0.1) is 11.3 Å². The van der Waals surface area contributed by atoms with Crippen molar-refractivity contribution in [1.82, 2.24) is 0 Å². The summed E-state index contributed by atoms with van der Waals surface area (Å²) in [6, 6.07) is 1.56. The Bertz CT molecular complexity index is 493. The highest BCUT2D eigenvalue weighted by molar-refractivity contribution is 7.11. The number of esters is 1. The minimum atomic E-state index is -1.26. The van der Waals surface area contributed by atoms with E-state index in [1.807, 2.05) is 0 Å². The third-order valence-corrected chi connectivity index (χ3v) is 3.33. The highest BCUT2D eigenvalue weighted by Gasteiger charge is 2.22. The first-order valence-electron chi connectivity index (χ1n) is 5.95. The van der Waals surface area contributed by atoms with Crippen LogP contribution >= 0.6 is 11.3 Å². The van der Waals surface area contributed by atoms with E-state index < -0.39 is 24.1 Å². The second-order valence-electron chi connectivity index (χ2n) is 3.98. The molecule has 0 aromatic carbocycles. The molecule has 3 N–H and O–H groups in total. The molecule has 0 spiro atoms. The number of aliphatic hydroxyl groups is 2. The van der Waals surface area contributed by atoms with E-state index in [4.69, 9.17) is 5.11 Å². The fraction of sp³-hybridized carbons (Fsp3) is 0.385. The lowest BCUT2D eigenvalue weighted by molar-refractivity contribution is -0.147. The van der Waals surface area contributed by atoms with Crippen LogP contribution in [0, 0.1) is 0 Å². The van der Waals surface area contributed by atoms with E-state index in [2.05, 4.69) is 4.74 Å². The van der Waals surface area contributed by atoms with Crippen molar-refractivity contribution in [3.05, 3.63) is 28.0 Å². The molecule has 0 radical (unpaired) electrons. The number of carbonyl (C=O) groups is 2. The number of rotatable bonds is 7. The van der Waals surface area contributed by atoms with Crippen molar-refractivity contribution < 1.29 is 29.6 Å². The lowest BCUT2D eigenvalue weighted by atomic mass is 10.0. The fourth-order valence-corrected chi connectivity index (χ4v) is 2.32. The van der Waals surface area contributed by atoms with Gasteiger partial charge in [0.25, 0.3) is 0 Å². The third-order valence-electron chi connectivity index (χ3n) is 2.42. The van der Waals surface area contributed by atoms with Gasteiger partial charge in [0.15, 0.2) is 0 Å². The van der Waals surface area contributed by atoms with E-state index >= 15 is 0 Å². The largest absolute Gasteiger partial charge is 0.478 e. The molecule has 110 valence electrons. The van der Waals surface area contributed by atoms with Gasteiger partial charge >= 0.3 is 11.9 Å². The number of aliphatic hydroxyl groups excluding tert-OH is 2. The van der Waals surface area contributed by atoms with Gasteiger partial charge in [0.2, 0.25) is 0 Å².